The molecule has 1 amide bonds. The molecule has 3 aromatic rings. The molecule has 0 radical (unpaired) electrons. The lowest BCUT2D eigenvalue weighted by atomic mass is 10.1. The Morgan fingerprint density at radius 2 is 1.76 bits per heavy atom. The van der Waals surface area contributed by atoms with E-state index >= 15 is 0 Å². The Labute approximate surface area is 175 Å². The van der Waals surface area contributed by atoms with E-state index in [1.165, 1.54) is 5.01 Å². The summed E-state index contributed by atoms with van der Waals surface area (Å²) >= 11 is 1.70. The Balaban J connectivity index is 1.54. The maximum atomic E-state index is 12.4. The molecule has 1 N–H and O–H groups in total. The molecule has 3 rings (SSSR count). The van der Waals surface area contributed by atoms with Gasteiger partial charge in [0, 0.05) is 40.3 Å². The zero-order valence-electron chi connectivity index (χ0n) is 17.7. The van der Waals surface area contributed by atoms with Gasteiger partial charge in [-0.25, -0.2) is 19.6 Å². The maximum absolute atomic E-state index is 12.4. The Bertz CT molecular complexity index is 987. The van der Waals surface area contributed by atoms with Gasteiger partial charge in [-0.05, 0) is 59.9 Å². The largest absolute Gasteiger partial charge is 0.356 e. The molecule has 7 nitrogen and oxygen atoms in total. The summed E-state index contributed by atoms with van der Waals surface area (Å²) in [6, 6.07) is 1.93. The minimum atomic E-state index is 0.0159. The number of thiazole rings is 1. The topological polar surface area (TPSA) is 85.6 Å². The van der Waals surface area contributed by atoms with Crippen molar-refractivity contribution in [3.05, 3.63) is 50.5 Å². The van der Waals surface area contributed by atoms with Crippen molar-refractivity contribution in [2.45, 2.75) is 60.3 Å². The van der Waals surface area contributed by atoms with Crippen LogP contribution in [0.5, 0.6) is 0 Å². The molecule has 0 aliphatic heterocycles. The van der Waals surface area contributed by atoms with Crippen LogP contribution in [0.25, 0.3) is 5.95 Å². The molecule has 3 heterocycles. The highest BCUT2D eigenvalue weighted by molar-refractivity contribution is 7.09. The van der Waals surface area contributed by atoms with E-state index in [0.29, 0.717) is 18.9 Å². The average Bonchev–Trinajstić information content (AvgIpc) is 3.18. The highest BCUT2D eigenvalue weighted by Gasteiger charge is 2.17. The molecule has 0 fully saturated rings. The molecule has 29 heavy (non-hydrogen) atoms. The van der Waals surface area contributed by atoms with Gasteiger partial charge >= 0.3 is 0 Å². The molecular weight excluding hydrogens is 384 g/mol. The summed E-state index contributed by atoms with van der Waals surface area (Å²) in [7, 11) is 0. The average molecular weight is 413 g/mol. The second kappa shape index (κ2) is 9.26. The summed E-state index contributed by atoms with van der Waals surface area (Å²) in [6.07, 6.45) is 3.24. The fraction of sp³-hybridized carbons (Fsp3) is 0.476. The summed E-state index contributed by atoms with van der Waals surface area (Å²) < 4.78 is 1.73. The summed E-state index contributed by atoms with van der Waals surface area (Å²) in [6.45, 7) is 10.4. The molecule has 0 aromatic carbocycles. The first-order chi connectivity index (χ1) is 13.8. The van der Waals surface area contributed by atoms with Gasteiger partial charge in [-0.15, -0.1) is 11.3 Å². The molecule has 3 aromatic heterocycles. The zero-order valence-corrected chi connectivity index (χ0v) is 18.6. The van der Waals surface area contributed by atoms with Gasteiger partial charge in [0.05, 0.1) is 17.1 Å². The van der Waals surface area contributed by atoms with E-state index in [9.17, 15) is 4.79 Å². The van der Waals surface area contributed by atoms with Gasteiger partial charge in [-0.1, -0.05) is 0 Å². The lowest BCUT2D eigenvalue weighted by molar-refractivity contribution is -0.120. The second-order valence-electron chi connectivity index (χ2n) is 7.38. The van der Waals surface area contributed by atoms with Gasteiger partial charge in [-0.3, -0.25) is 4.79 Å². The van der Waals surface area contributed by atoms with Crippen molar-refractivity contribution in [1.29, 1.82) is 0 Å². The van der Waals surface area contributed by atoms with Crippen LogP contribution in [0.2, 0.25) is 0 Å². The molecule has 0 spiro atoms. The minimum Gasteiger partial charge on any atom is -0.356 e. The van der Waals surface area contributed by atoms with Gasteiger partial charge in [0.2, 0.25) is 5.91 Å². The van der Waals surface area contributed by atoms with E-state index in [-0.39, 0.29) is 5.91 Å². The molecule has 0 unspecified atom stereocenters. The fourth-order valence-corrected chi connectivity index (χ4v) is 4.12. The van der Waals surface area contributed by atoms with E-state index < -0.39 is 0 Å². The first kappa shape index (κ1) is 21.1. The van der Waals surface area contributed by atoms with Crippen LogP contribution in [0.15, 0.2) is 11.4 Å². The Hall–Kier alpha value is -2.61. The van der Waals surface area contributed by atoms with E-state index in [0.717, 1.165) is 53.3 Å². The van der Waals surface area contributed by atoms with Crippen molar-refractivity contribution in [3.8, 4) is 5.95 Å². The van der Waals surface area contributed by atoms with E-state index in [4.69, 9.17) is 0 Å². The van der Waals surface area contributed by atoms with Crippen molar-refractivity contribution in [3.63, 3.8) is 0 Å². The predicted molar refractivity (Wildman–Crippen MR) is 115 cm³/mol. The number of nitrogens with zero attached hydrogens (tertiary/aromatic N) is 5. The zero-order chi connectivity index (χ0) is 21.0. The van der Waals surface area contributed by atoms with Gasteiger partial charge < -0.3 is 5.32 Å². The normalized spacial score (nSPS) is 11.1. The van der Waals surface area contributed by atoms with Crippen molar-refractivity contribution >= 4 is 17.2 Å². The number of carbonyl (C=O) groups excluding carboxylic acids is 1. The highest BCUT2D eigenvalue weighted by atomic mass is 32.1. The number of nitrogens with one attached hydrogen (secondary N) is 1. The third-order valence-corrected chi connectivity index (χ3v) is 5.77. The number of unbranched alkanes of at least 4 members (excludes halogenated alkanes) is 1. The first-order valence-electron chi connectivity index (χ1n) is 9.89. The van der Waals surface area contributed by atoms with Gasteiger partial charge in [0.1, 0.15) is 0 Å². The highest BCUT2D eigenvalue weighted by Crippen LogP contribution is 2.17. The Kier molecular flexibility index (Phi) is 6.74. The van der Waals surface area contributed by atoms with Crippen LogP contribution >= 0.6 is 11.3 Å². The molecule has 0 aliphatic rings. The van der Waals surface area contributed by atoms with Crippen molar-refractivity contribution in [2.24, 2.45) is 0 Å². The third-order valence-electron chi connectivity index (χ3n) is 4.74. The van der Waals surface area contributed by atoms with Crippen molar-refractivity contribution in [1.82, 2.24) is 30.0 Å². The third kappa shape index (κ3) is 5.47. The van der Waals surface area contributed by atoms with Gasteiger partial charge in [-0.2, -0.15) is 5.10 Å². The standard InChI is InChI=1S/C21H28N6OS/c1-13-10-14(2)25-21(24-13)27-17(5)18(16(4)26-27)11-19(28)22-9-7-6-8-20-23-15(3)12-29-20/h10,12H,6-9,11H2,1-5H3,(H,22,28). The van der Waals surface area contributed by atoms with Crippen molar-refractivity contribution < 1.29 is 4.79 Å². The molecule has 0 saturated carbocycles. The SMILES string of the molecule is Cc1cc(C)nc(-n2nc(C)c(CC(=O)NCCCCc3nc(C)cs3)c2C)n1. The quantitative estimate of drug-likeness (QED) is 0.574. The number of carbonyl (C=O) groups is 1. The van der Waals surface area contributed by atoms with Crippen LogP contribution in [-0.2, 0) is 17.6 Å². The van der Waals surface area contributed by atoms with Crippen LogP contribution in [0, 0.1) is 34.6 Å². The van der Waals surface area contributed by atoms with E-state index in [1.54, 1.807) is 16.0 Å². The molecule has 0 bridgehead atoms. The lowest BCUT2D eigenvalue weighted by Crippen LogP contribution is -2.26. The Morgan fingerprint density at radius 3 is 2.41 bits per heavy atom. The smallest absolute Gasteiger partial charge is 0.251 e. The van der Waals surface area contributed by atoms with Crippen LogP contribution in [-0.4, -0.2) is 37.2 Å². The van der Waals surface area contributed by atoms with Gasteiger partial charge in [0.15, 0.2) is 0 Å². The number of hydrogen-bond donors (Lipinski definition) is 1. The summed E-state index contributed by atoms with van der Waals surface area (Å²) in [5, 5.41) is 10.8. The van der Waals surface area contributed by atoms with E-state index in [1.807, 2.05) is 40.7 Å². The van der Waals surface area contributed by atoms with Crippen LogP contribution < -0.4 is 5.32 Å². The van der Waals surface area contributed by atoms with Crippen LogP contribution in [0.1, 0.15) is 51.9 Å². The van der Waals surface area contributed by atoms with Gasteiger partial charge in [0.25, 0.3) is 5.95 Å². The first-order valence-corrected chi connectivity index (χ1v) is 10.8. The summed E-state index contributed by atoms with van der Waals surface area (Å²) in [4.78, 5) is 25.8. The number of aromatic nitrogens is 5. The summed E-state index contributed by atoms with van der Waals surface area (Å²) in [5.41, 5.74) is 5.54. The van der Waals surface area contributed by atoms with Crippen LogP contribution in [0.3, 0.4) is 0 Å². The molecule has 154 valence electrons. The molecular formula is C21H28N6OS. The lowest BCUT2D eigenvalue weighted by Gasteiger charge is -2.07. The maximum Gasteiger partial charge on any atom is 0.251 e. The summed E-state index contributed by atoms with van der Waals surface area (Å²) in [5.74, 6) is 0.564. The second-order valence-corrected chi connectivity index (χ2v) is 8.32. The number of aryl methyl sites for hydroxylation is 5. The molecule has 0 saturated heterocycles. The monoisotopic (exact) mass is 412 g/mol. The predicted octanol–water partition coefficient (Wildman–Crippen LogP) is 3.34. The molecule has 0 atom stereocenters. The van der Waals surface area contributed by atoms with E-state index in [2.05, 4.69) is 30.7 Å². The molecule has 8 heteroatoms. The molecule has 0 aliphatic carbocycles. The Morgan fingerprint density at radius 1 is 1.03 bits per heavy atom. The number of amides is 1. The van der Waals surface area contributed by atoms with Crippen LogP contribution in [0.4, 0.5) is 0 Å². The number of rotatable bonds is 8. The number of hydrogen-bond acceptors (Lipinski definition) is 6. The van der Waals surface area contributed by atoms with Crippen molar-refractivity contribution in [2.75, 3.05) is 6.54 Å². The fourth-order valence-electron chi connectivity index (χ4n) is 3.30. The minimum absolute atomic E-state index is 0.0159.